The first-order valence-electron chi connectivity index (χ1n) is 27.8. The van der Waals surface area contributed by atoms with Crippen molar-refractivity contribution in [3.8, 4) is 0 Å². The molecule has 0 radical (unpaired) electrons. The fourth-order valence-electron chi connectivity index (χ4n) is 13.2. The maximum absolute atomic E-state index is 13.4. The van der Waals surface area contributed by atoms with Crippen LogP contribution in [0.1, 0.15) is 97.8 Å². The van der Waals surface area contributed by atoms with E-state index in [0.29, 0.717) is 82.9 Å². The molecule has 0 saturated carbocycles. The summed E-state index contributed by atoms with van der Waals surface area (Å²) in [7, 11) is 4.47. The van der Waals surface area contributed by atoms with Crippen LogP contribution in [0.15, 0.2) is 107 Å². The van der Waals surface area contributed by atoms with Gasteiger partial charge in [-0.2, -0.15) is 0 Å². The van der Waals surface area contributed by atoms with Crippen LogP contribution in [0.5, 0.6) is 0 Å². The summed E-state index contributed by atoms with van der Waals surface area (Å²) in [5.74, 6) is -0.506. The number of carbonyl (C=O) groups excluding carboxylic acids is 6. The summed E-state index contributed by atoms with van der Waals surface area (Å²) in [5, 5.41) is 7.97. The molecule has 8 aromatic rings. The Morgan fingerprint density at radius 1 is 0.627 bits per heavy atom. The third kappa shape index (κ3) is 10.9. The molecule has 2 amide bonds. The number of imidazole rings is 2. The van der Waals surface area contributed by atoms with Gasteiger partial charge in [0.2, 0.25) is 11.8 Å². The molecule has 0 N–H and O–H groups in total. The number of amides is 2. The molecule has 4 aliphatic heterocycles. The molecule has 6 aromatic heterocycles. The van der Waals surface area contributed by atoms with Crippen LogP contribution in [0.3, 0.4) is 0 Å². The number of pyridine rings is 2. The number of likely N-dealkylation sites (tertiary alicyclic amines) is 2. The SMILES string of the molecule is CN=P.O=C1CC(=O)C(c2cnc3ccccn23)=C1c1cn2c3c(cc(Br)cc13)CC(C(=O)N1CCCCC1)CC2.[C-]#N.[C-]#[N+]c1cc2c3c(c1)c(C1=C(c4cnc5ccccn45)C(=O)CC1=O)cn3CCC(C(=O)N1CCCCC1)C2.[Cu+]. The van der Waals surface area contributed by atoms with Crippen LogP contribution < -0.4 is 0 Å². The van der Waals surface area contributed by atoms with Gasteiger partial charge < -0.3 is 30.8 Å². The van der Waals surface area contributed by atoms with Crippen molar-refractivity contribution >= 4 is 121 Å². The topological polar surface area (TPSA) is 194 Å². The summed E-state index contributed by atoms with van der Waals surface area (Å²) < 4.78 is 12.2. The van der Waals surface area contributed by atoms with Gasteiger partial charge in [-0.1, -0.05) is 34.1 Å². The number of carbonyl (C=O) groups is 6. The number of piperidine rings is 2. The first-order chi connectivity index (χ1) is 39.9. The molecule has 20 heteroatoms. The Morgan fingerprint density at radius 2 is 1.05 bits per heavy atom. The fourth-order valence-corrected chi connectivity index (χ4v) is 13.7. The number of halogens is 1. The van der Waals surface area contributed by atoms with E-state index in [1.165, 1.54) is 12.8 Å². The quantitative estimate of drug-likeness (QED) is 0.0674. The van der Waals surface area contributed by atoms with E-state index in [4.69, 9.17) is 18.4 Å². The second-order valence-electron chi connectivity index (χ2n) is 21.6. The third-order valence-corrected chi connectivity index (χ3v) is 17.2. The van der Waals surface area contributed by atoms with Crippen LogP contribution in [-0.2, 0) is 71.8 Å². The molecular formula is C63H58BrCuN11O6P. The van der Waals surface area contributed by atoms with Crippen LogP contribution in [0, 0.1) is 30.2 Å². The Bertz CT molecular complexity index is 4110. The number of nitrogens with zero attached hydrogens (tertiary/aromatic N) is 11. The molecule has 2 fully saturated rings. The number of hydrogen-bond acceptors (Lipinski definition) is 10. The Kier molecular flexibility index (Phi) is 17.5. The van der Waals surface area contributed by atoms with Gasteiger partial charge in [0.15, 0.2) is 28.8 Å². The molecule has 2 unspecified atom stereocenters. The Hall–Kier alpha value is -7.92. The van der Waals surface area contributed by atoms with Crippen molar-refractivity contribution in [3.05, 3.63) is 154 Å². The van der Waals surface area contributed by atoms with E-state index in [9.17, 15) is 28.8 Å². The monoisotopic (exact) mass is 1240 g/mol. The van der Waals surface area contributed by atoms with E-state index in [1.54, 1.807) is 19.4 Å². The summed E-state index contributed by atoms with van der Waals surface area (Å²) in [6.07, 6.45) is 20.0. The van der Waals surface area contributed by atoms with Gasteiger partial charge in [0.25, 0.3) is 0 Å². The minimum Gasteiger partial charge on any atom is -0.512 e. The second kappa shape index (κ2) is 24.9. The first kappa shape index (κ1) is 58.3. The van der Waals surface area contributed by atoms with Gasteiger partial charge in [-0.15, -0.1) is 0 Å². The van der Waals surface area contributed by atoms with Crippen molar-refractivity contribution < 1.29 is 45.8 Å². The van der Waals surface area contributed by atoms with Gasteiger partial charge in [0.05, 0.1) is 59.9 Å². The van der Waals surface area contributed by atoms with E-state index < -0.39 is 0 Å². The molecular weight excluding hydrogens is 1180 g/mol. The molecule has 2 saturated heterocycles. The first-order valence-corrected chi connectivity index (χ1v) is 29.1. The minimum absolute atomic E-state index is 0. The molecule has 424 valence electrons. The van der Waals surface area contributed by atoms with Crippen LogP contribution in [-0.4, -0.2) is 106 Å². The summed E-state index contributed by atoms with van der Waals surface area (Å²) in [4.78, 5) is 96.7. The molecule has 14 rings (SSSR count). The van der Waals surface area contributed by atoms with Crippen molar-refractivity contribution in [2.75, 3.05) is 33.2 Å². The molecule has 2 atom stereocenters. The predicted octanol–water partition coefficient (Wildman–Crippen LogP) is 11.0. The number of allylic oxidation sites excluding steroid dienone is 4. The molecule has 2 aromatic carbocycles. The molecule has 83 heavy (non-hydrogen) atoms. The summed E-state index contributed by atoms with van der Waals surface area (Å²) in [6, 6.07) is 19.1. The maximum Gasteiger partial charge on any atom is 1.00 e. The van der Waals surface area contributed by atoms with Gasteiger partial charge in [0.1, 0.15) is 11.3 Å². The number of Topliss-reactive ketones (excluding diaryl/α,β-unsaturated/α-hetero) is 4. The van der Waals surface area contributed by atoms with Crippen molar-refractivity contribution in [1.82, 2.24) is 37.7 Å². The zero-order chi connectivity index (χ0) is 57.3. The van der Waals surface area contributed by atoms with Gasteiger partial charge in [0, 0.05) is 121 Å². The summed E-state index contributed by atoms with van der Waals surface area (Å²) in [6.45, 7) is 17.2. The third-order valence-electron chi connectivity index (χ3n) is 16.7. The second-order valence-corrected chi connectivity index (χ2v) is 23.0. The number of hydrogen-bond donors (Lipinski definition) is 0. The average Bonchev–Trinajstić information content (AvgIpc) is 2.41. The molecule has 6 aliphatic rings. The largest absolute Gasteiger partial charge is 1.00 e. The van der Waals surface area contributed by atoms with Crippen molar-refractivity contribution in [1.29, 1.82) is 5.26 Å². The predicted molar refractivity (Wildman–Crippen MR) is 317 cm³/mol. The maximum atomic E-state index is 13.4. The van der Waals surface area contributed by atoms with Gasteiger partial charge >= 0.3 is 17.1 Å². The Balaban J connectivity index is 0.000000170. The van der Waals surface area contributed by atoms with Gasteiger partial charge in [-0.3, -0.25) is 42.3 Å². The van der Waals surface area contributed by atoms with E-state index >= 15 is 0 Å². The zero-order valence-electron chi connectivity index (χ0n) is 45.7. The number of ketones is 4. The molecule has 10 heterocycles. The van der Waals surface area contributed by atoms with E-state index in [0.717, 1.165) is 107 Å². The Labute approximate surface area is 500 Å². The van der Waals surface area contributed by atoms with Crippen molar-refractivity contribution in [2.45, 2.75) is 90.1 Å². The number of fused-ring (bicyclic) bond motifs is 2. The number of rotatable bonds is 6. The van der Waals surface area contributed by atoms with E-state index in [-0.39, 0.29) is 76.7 Å². The molecule has 2 aliphatic carbocycles. The van der Waals surface area contributed by atoms with Gasteiger partial charge in [-0.25, -0.2) is 14.8 Å². The van der Waals surface area contributed by atoms with Crippen LogP contribution >= 0.6 is 25.0 Å². The van der Waals surface area contributed by atoms with E-state index in [1.807, 2.05) is 98.0 Å². The van der Waals surface area contributed by atoms with Crippen LogP contribution in [0.2, 0.25) is 0 Å². The van der Waals surface area contributed by atoms with Crippen molar-refractivity contribution in [2.24, 2.45) is 16.6 Å². The zero-order valence-corrected chi connectivity index (χ0v) is 49.2. The van der Waals surface area contributed by atoms with Crippen LogP contribution in [0.25, 0.3) is 60.2 Å². The number of benzene rings is 2. The molecule has 17 nitrogen and oxygen atoms in total. The smallest absolute Gasteiger partial charge is 0.512 e. The standard InChI is InChI=1S/C31H27N5O3.C30H27BrN4O3.CH4NP.CN.Cu/c1-32-21-14-20-13-19(31(39)34-9-4-2-5-10-34)8-12-35-18-23(22(15-21)30(20)35)28-25(37)16-26(38)29(28)24-17-33-27-7-3-6-11-36(24)27;31-20-13-19-12-18(30(38)33-8-3-1-4-9-33)7-11-34-17-22(21(14-20)29(19)34)27-24(36)15-25(37)28(27)23-16-32-26-6-2-5-10-35(23)26;1-2-3;1-2;/h3,6-7,11,14-15,17-19H,2,4-5,8-10,12-13,16H2;2,5-6,10,13-14,16-18H,1,3-4,7-9,11-12,15H2;3H,1H3;;/q;;;-1;+1. The molecule has 0 bridgehead atoms. The van der Waals surface area contributed by atoms with Crippen molar-refractivity contribution in [3.63, 3.8) is 0 Å². The summed E-state index contributed by atoms with van der Waals surface area (Å²) in [5.41, 5.74) is 10.3. The minimum atomic E-state index is -0.220. The fraction of sp³-hybridized carbons (Fsp3) is 0.333. The normalized spacial score (nSPS) is 18.6. The Morgan fingerprint density at radius 3 is 1.49 bits per heavy atom. The van der Waals surface area contributed by atoms with Gasteiger partial charge in [-0.05, 0) is 132 Å². The molecule has 0 spiro atoms. The summed E-state index contributed by atoms with van der Waals surface area (Å²) >= 11 is 3.69. The average molecular weight is 1240 g/mol. The number of aromatic nitrogens is 6. The van der Waals surface area contributed by atoms with Crippen LogP contribution in [0.4, 0.5) is 5.69 Å². The number of aryl methyl sites for hydroxylation is 2. The van der Waals surface area contributed by atoms with E-state index in [2.05, 4.69) is 59.7 Å².